The van der Waals surface area contributed by atoms with Crippen molar-refractivity contribution in [3.63, 3.8) is 0 Å². The van der Waals surface area contributed by atoms with Gasteiger partial charge in [-0.05, 0) is 51.4 Å². The van der Waals surface area contributed by atoms with E-state index in [4.69, 9.17) is 19.4 Å². The molecule has 0 aromatic heterocycles. The van der Waals surface area contributed by atoms with Crippen molar-refractivity contribution in [3.05, 3.63) is 0 Å². The fourth-order valence-electron chi connectivity index (χ4n) is 3.54. The third-order valence-corrected chi connectivity index (χ3v) is 5.67. The van der Waals surface area contributed by atoms with E-state index < -0.39 is 0 Å². The van der Waals surface area contributed by atoms with Gasteiger partial charge in [0.05, 0.1) is 17.5 Å². The minimum atomic E-state index is 0. The Bertz CT molecular complexity index is 565. The largest absolute Gasteiger partial charge is 4.00 e. The van der Waals surface area contributed by atoms with E-state index in [1.807, 2.05) is 20.3 Å². The molecule has 4 saturated heterocycles. The average Bonchev–Trinajstić information content (AvgIpc) is 3.58. The maximum absolute atomic E-state index is 4.99. The Balaban J connectivity index is 0.000000463. The predicted molar refractivity (Wildman–Crippen MR) is 167 cm³/mol. The molecule has 0 radical (unpaired) electrons. The summed E-state index contributed by atoms with van der Waals surface area (Å²) in [5.74, 6) is 0. The van der Waals surface area contributed by atoms with Gasteiger partial charge in [-0.2, -0.15) is 0 Å². The minimum Gasteiger partial charge on any atom is -0.426 e. The number of nitrogens with zero attached hydrogens (tertiary/aromatic N) is 4. The molecule has 0 aromatic rings. The van der Waals surface area contributed by atoms with Crippen LogP contribution in [0.15, 0.2) is 0 Å². The maximum atomic E-state index is 4.99. The van der Waals surface area contributed by atoms with Crippen molar-refractivity contribution in [2.75, 3.05) is 52.4 Å². The van der Waals surface area contributed by atoms with E-state index in [-0.39, 0.29) is 38.6 Å². The molecule has 37 heavy (non-hydrogen) atoms. The summed E-state index contributed by atoms with van der Waals surface area (Å²) < 4.78 is 0.822. The van der Waals surface area contributed by atoms with E-state index in [0.717, 1.165) is 52.4 Å². The molecule has 0 aliphatic carbocycles. The van der Waals surface area contributed by atoms with Crippen LogP contribution in [-0.2, 0) is 90.9 Å². The molecule has 0 bridgehead atoms. The van der Waals surface area contributed by atoms with Crippen LogP contribution in [0, 0.1) is 0 Å². The topological polar surface area (TPSA) is 49.9 Å². The van der Waals surface area contributed by atoms with Crippen LogP contribution in [0.1, 0.15) is 51.4 Å². The molecular formula is C20H32MoN4O4S8. The van der Waals surface area contributed by atoms with Crippen molar-refractivity contribution in [2.45, 2.75) is 51.4 Å². The molecule has 4 aliphatic heterocycles. The van der Waals surface area contributed by atoms with Gasteiger partial charge in [0.2, 0.25) is 0 Å². The van der Waals surface area contributed by atoms with Crippen molar-refractivity contribution in [1.29, 1.82) is 0 Å². The Morgan fingerprint density at radius 3 is 0.622 bits per heavy atom. The SMILES string of the molecule is S=C([S-])ON1CCCC1.S=C([S-])ON1CCCC1.S=C([S-])ON1CCCC1.S=C([S-])ON1CCCC1.[Mo+4]. The van der Waals surface area contributed by atoms with Gasteiger partial charge >= 0.3 is 21.1 Å². The first-order valence-electron chi connectivity index (χ1n) is 11.7. The van der Waals surface area contributed by atoms with Gasteiger partial charge in [-0.1, -0.05) is 0 Å². The van der Waals surface area contributed by atoms with Gasteiger partial charge in [0.15, 0.2) is 0 Å². The van der Waals surface area contributed by atoms with Gasteiger partial charge in [0.1, 0.15) is 0 Å². The smallest absolute Gasteiger partial charge is 0.426 e. The molecule has 0 atom stereocenters. The van der Waals surface area contributed by atoms with Crippen molar-refractivity contribution in [3.8, 4) is 0 Å². The van der Waals surface area contributed by atoms with E-state index in [0.29, 0.717) is 0 Å². The van der Waals surface area contributed by atoms with Crippen LogP contribution in [0.2, 0.25) is 0 Å². The molecule has 0 spiro atoms. The van der Waals surface area contributed by atoms with E-state index in [1.165, 1.54) is 51.4 Å². The van der Waals surface area contributed by atoms with Crippen LogP contribution in [-0.4, -0.2) is 90.1 Å². The molecule has 0 aromatic carbocycles. The van der Waals surface area contributed by atoms with Crippen molar-refractivity contribution < 1.29 is 40.4 Å². The quantitative estimate of drug-likeness (QED) is 0.240. The Kier molecular flexibility index (Phi) is 24.3. The van der Waals surface area contributed by atoms with Gasteiger partial charge in [-0.15, -0.1) is 20.3 Å². The fraction of sp³-hybridized carbons (Fsp3) is 0.800. The Hall–Kier alpha value is 0.968. The molecular weight excluding hydrogens is 713 g/mol. The third-order valence-electron chi connectivity index (χ3n) is 5.07. The van der Waals surface area contributed by atoms with Gasteiger partial charge in [-0.3, -0.25) is 0 Å². The monoisotopic (exact) mass is 746 g/mol. The summed E-state index contributed by atoms with van der Waals surface area (Å²) in [6.45, 7) is 7.75. The van der Waals surface area contributed by atoms with Crippen LogP contribution in [0.25, 0.3) is 0 Å². The summed E-state index contributed by atoms with van der Waals surface area (Å²) in [4.78, 5) is 20.0. The van der Waals surface area contributed by atoms with Crippen molar-refractivity contribution >= 4 is 117 Å². The predicted octanol–water partition coefficient (Wildman–Crippen LogP) is 3.38. The number of hydrogen-bond donors (Lipinski definition) is 0. The van der Waals surface area contributed by atoms with Crippen molar-refractivity contribution in [1.82, 2.24) is 20.3 Å². The summed E-state index contributed by atoms with van der Waals surface area (Å²) in [5, 5.41) is 7.26. The van der Waals surface area contributed by atoms with Gasteiger partial charge in [0, 0.05) is 52.4 Å². The van der Waals surface area contributed by atoms with E-state index in [2.05, 4.69) is 99.4 Å². The van der Waals surface area contributed by atoms with Gasteiger partial charge in [-0.25, -0.2) is 0 Å². The fourth-order valence-corrected chi connectivity index (χ4v) is 4.38. The Labute approximate surface area is 278 Å². The zero-order valence-electron chi connectivity index (χ0n) is 20.4. The second-order valence-corrected chi connectivity index (χ2v) is 11.9. The summed E-state index contributed by atoms with van der Waals surface area (Å²) in [7, 11) is 0. The average molecular weight is 745 g/mol. The summed E-state index contributed by atoms with van der Waals surface area (Å²) in [6, 6.07) is 0. The zero-order valence-corrected chi connectivity index (χ0v) is 28.9. The summed E-state index contributed by atoms with van der Waals surface area (Å²) >= 11 is 36.7. The zero-order chi connectivity index (χ0) is 26.8. The van der Waals surface area contributed by atoms with E-state index in [1.54, 1.807) is 0 Å². The first-order valence-corrected chi connectivity index (χ1v) is 15.0. The molecule has 4 heterocycles. The Morgan fingerprint density at radius 1 is 0.378 bits per heavy atom. The Morgan fingerprint density at radius 2 is 0.514 bits per heavy atom. The normalized spacial score (nSPS) is 19.5. The molecule has 4 rings (SSSR count). The molecule has 210 valence electrons. The number of rotatable bonds is 4. The van der Waals surface area contributed by atoms with Crippen molar-refractivity contribution in [2.24, 2.45) is 0 Å². The first kappa shape index (κ1) is 38.0. The van der Waals surface area contributed by atoms with E-state index >= 15 is 0 Å². The molecule has 4 aliphatic rings. The summed E-state index contributed by atoms with van der Waals surface area (Å²) in [6.07, 6.45) is 9.54. The van der Waals surface area contributed by atoms with Crippen LogP contribution in [0.5, 0.6) is 0 Å². The maximum Gasteiger partial charge on any atom is 4.00 e. The number of hydroxylamine groups is 8. The van der Waals surface area contributed by atoms with Gasteiger partial charge in [0.25, 0.3) is 0 Å². The molecule has 0 amide bonds. The molecule has 8 nitrogen and oxygen atoms in total. The van der Waals surface area contributed by atoms with Crippen LogP contribution in [0.4, 0.5) is 0 Å². The molecule has 17 heteroatoms. The van der Waals surface area contributed by atoms with Crippen LogP contribution >= 0.6 is 48.9 Å². The third kappa shape index (κ3) is 22.4. The second kappa shape index (κ2) is 23.7. The first-order chi connectivity index (χ1) is 17.2. The van der Waals surface area contributed by atoms with Crippen LogP contribution in [0.3, 0.4) is 0 Å². The van der Waals surface area contributed by atoms with Gasteiger partial charge < -0.3 is 119 Å². The number of hydrogen-bond acceptors (Lipinski definition) is 16. The molecule has 0 saturated carbocycles. The summed E-state index contributed by atoms with van der Waals surface area (Å²) in [5.41, 5.74) is 0. The molecule has 0 N–H and O–H groups in total. The molecule has 4 fully saturated rings. The van der Waals surface area contributed by atoms with Crippen LogP contribution < -0.4 is 0 Å². The molecule has 0 unspecified atom stereocenters. The number of thiocarbonyl (C=S) groups is 4. The standard InChI is InChI=1S/4C5H9NOS2.Mo/c4*8-5(9)7-6-3-1-2-4-6;/h4*1-4H2,(H,8,9);/q;;;;+4/p-4. The second-order valence-electron chi connectivity index (χ2n) is 7.91. The minimum absolute atomic E-state index is 0. The van der Waals surface area contributed by atoms with E-state index in [9.17, 15) is 0 Å².